The molecule has 0 N–H and O–H groups in total. The number of carbonyl (C=O) groups excluding carboxylic acids is 1. The molecule has 0 spiro atoms. The van der Waals surface area contributed by atoms with Crippen LogP contribution >= 0.6 is 11.8 Å². The average molecular weight is 220 g/mol. The predicted octanol–water partition coefficient (Wildman–Crippen LogP) is 1.94. The summed E-state index contributed by atoms with van der Waals surface area (Å²) < 4.78 is 0. The fraction of sp³-hybridized carbons (Fsp3) is 0.273. The Morgan fingerprint density at radius 3 is 2.60 bits per heavy atom. The molecule has 1 aliphatic heterocycles. The Labute approximate surface area is 93.2 Å². The van der Waals surface area contributed by atoms with Crippen LogP contribution in [0.2, 0.25) is 0 Å². The van der Waals surface area contributed by atoms with Gasteiger partial charge in [0.25, 0.3) is 5.91 Å². The third-order valence-corrected chi connectivity index (χ3v) is 3.31. The van der Waals surface area contributed by atoms with Crippen LogP contribution < -0.4 is 0 Å². The molecule has 1 aliphatic rings. The highest BCUT2D eigenvalue weighted by Gasteiger charge is 2.26. The minimum absolute atomic E-state index is 0.0530. The van der Waals surface area contributed by atoms with Crippen molar-refractivity contribution in [3.8, 4) is 0 Å². The van der Waals surface area contributed by atoms with E-state index in [-0.39, 0.29) is 11.2 Å². The monoisotopic (exact) mass is 220 g/mol. The second-order valence-electron chi connectivity index (χ2n) is 3.39. The van der Waals surface area contributed by atoms with E-state index in [2.05, 4.69) is 5.10 Å². The van der Waals surface area contributed by atoms with Crippen LogP contribution in [0.3, 0.4) is 0 Å². The van der Waals surface area contributed by atoms with Gasteiger partial charge in [-0.25, -0.2) is 5.01 Å². The highest BCUT2D eigenvalue weighted by atomic mass is 32.2. The first kappa shape index (κ1) is 10.2. The van der Waals surface area contributed by atoms with Crippen molar-refractivity contribution in [2.24, 2.45) is 5.10 Å². The molecule has 1 heterocycles. The van der Waals surface area contributed by atoms with Gasteiger partial charge in [0, 0.05) is 12.6 Å². The van der Waals surface area contributed by atoms with Gasteiger partial charge in [0.05, 0.1) is 5.25 Å². The standard InChI is InChI=1S/C11H12N2OS/c1-8-11(14)13(2)12-10(15-8)9-6-4-3-5-7-9/h3-8H,1-2H3. The van der Waals surface area contributed by atoms with Gasteiger partial charge >= 0.3 is 0 Å². The van der Waals surface area contributed by atoms with E-state index in [4.69, 9.17) is 0 Å². The summed E-state index contributed by atoms with van der Waals surface area (Å²) in [6.45, 7) is 1.90. The molecule has 1 amide bonds. The molecular formula is C11H12N2OS. The molecule has 78 valence electrons. The van der Waals surface area contributed by atoms with Gasteiger partial charge in [-0.2, -0.15) is 5.10 Å². The molecule has 0 fully saturated rings. The van der Waals surface area contributed by atoms with Gasteiger partial charge < -0.3 is 0 Å². The van der Waals surface area contributed by atoms with E-state index in [1.807, 2.05) is 37.3 Å². The maximum absolute atomic E-state index is 11.5. The summed E-state index contributed by atoms with van der Waals surface area (Å²) in [7, 11) is 1.70. The summed E-state index contributed by atoms with van der Waals surface area (Å²) in [5.41, 5.74) is 1.06. The zero-order valence-electron chi connectivity index (χ0n) is 8.68. The van der Waals surface area contributed by atoms with E-state index in [0.717, 1.165) is 10.6 Å². The zero-order valence-corrected chi connectivity index (χ0v) is 9.49. The van der Waals surface area contributed by atoms with Crippen LogP contribution in [0.1, 0.15) is 12.5 Å². The average Bonchev–Trinajstić information content (AvgIpc) is 2.26. The molecule has 3 nitrogen and oxygen atoms in total. The molecule has 0 saturated carbocycles. The second-order valence-corrected chi connectivity index (χ2v) is 4.72. The Morgan fingerprint density at radius 2 is 2.00 bits per heavy atom. The SMILES string of the molecule is CC1SC(c2ccccc2)=NN(C)C1=O. The summed E-state index contributed by atoms with van der Waals surface area (Å²) >= 11 is 1.51. The number of nitrogens with zero attached hydrogens (tertiary/aromatic N) is 2. The molecule has 1 aromatic rings. The largest absolute Gasteiger partial charge is 0.272 e. The molecule has 1 atom stereocenters. The van der Waals surface area contributed by atoms with E-state index >= 15 is 0 Å². The van der Waals surface area contributed by atoms with Crippen LogP contribution in [0.4, 0.5) is 0 Å². The minimum Gasteiger partial charge on any atom is -0.272 e. The van der Waals surface area contributed by atoms with Crippen molar-refractivity contribution in [2.75, 3.05) is 7.05 Å². The number of hydrazone groups is 1. The van der Waals surface area contributed by atoms with E-state index < -0.39 is 0 Å². The molecule has 1 aromatic carbocycles. The van der Waals surface area contributed by atoms with Crippen molar-refractivity contribution in [1.29, 1.82) is 0 Å². The lowest BCUT2D eigenvalue weighted by atomic mass is 10.2. The van der Waals surface area contributed by atoms with E-state index in [1.54, 1.807) is 7.05 Å². The van der Waals surface area contributed by atoms with Crippen molar-refractivity contribution in [3.63, 3.8) is 0 Å². The molecule has 2 rings (SSSR count). The van der Waals surface area contributed by atoms with E-state index in [9.17, 15) is 4.79 Å². The fourth-order valence-electron chi connectivity index (χ4n) is 1.40. The zero-order chi connectivity index (χ0) is 10.8. The van der Waals surface area contributed by atoms with Crippen molar-refractivity contribution in [1.82, 2.24) is 5.01 Å². The topological polar surface area (TPSA) is 32.7 Å². The number of rotatable bonds is 1. The Bertz CT molecular complexity index is 402. The number of hydrogen-bond acceptors (Lipinski definition) is 3. The Hall–Kier alpha value is -1.29. The molecule has 0 aliphatic carbocycles. The highest BCUT2D eigenvalue weighted by Crippen LogP contribution is 2.24. The van der Waals surface area contributed by atoms with Crippen molar-refractivity contribution in [3.05, 3.63) is 35.9 Å². The summed E-state index contributed by atoms with van der Waals surface area (Å²) in [6.07, 6.45) is 0. The fourth-order valence-corrected chi connectivity index (χ4v) is 2.43. The summed E-state index contributed by atoms with van der Waals surface area (Å²) in [6, 6.07) is 9.92. The van der Waals surface area contributed by atoms with Crippen LogP contribution in [0.5, 0.6) is 0 Å². The van der Waals surface area contributed by atoms with Crippen molar-refractivity contribution >= 4 is 22.7 Å². The summed E-state index contributed by atoms with van der Waals surface area (Å²) in [4.78, 5) is 11.5. The van der Waals surface area contributed by atoms with E-state index in [1.165, 1.54) is 16.8 Å². The maximum Gasteiger partial charge on any atom is 0.255 e. The molecule has 1 unspecified atom stereocenters. The smallest absolute Gasteiger partial charge is 0.255 e. The van der Waals surface area contributed by atoms with Gasteiger partial charge in [0.1, 0.15) is 5.04 Å². The number of hydrogen-bond donors (Lipinski definition) is 0. The maximum atomic E-state index is 11.5. The molecule has 0 bridgehead atoms. The lowest BCUT2D eigenvalue weighted by Crippen LogP contribution is -2.34. The van der Waals surface area contributed by atoms with E-state index in [0.29, 0.717) is 0 Å². The third kappa shape index (κ3) is 2.04. The molecule has 15 heavy (non-hydrogen) atoms. The lowest BCUT2D eigenvalue weighted by molar-refractivity contribution is -0.129. The third-order valence-electron chi connectivity index (χ3n) is 2.22. The van der Waals surface area contributed by atoms with Gasteiger partial charge in [0.15, 0.2) is 0 Å². The van der Waals surface area contributed by atoms with Crippen LogP contribution in [-0.4, -0.2) is 28.3 Å². The Morgan fingerprint density at radius 1 is 1.33 bits per heavy atom. The van der Waals surface area contributed by atoms with Crippen LogP contribution in [0.15, 0.2) is 35.4 Å². The molecule has 0 aromatic heterocycles. The lowest BCUT2D eigenvalue weighted by Gasteiger charge is -2.23. The second kappa shape index (κ2) is 4.06. The normalized spacial score (nSPS) is 21.5. The molecule has 0 saturated heterocycles. The van der Waals surface area contributed by atoms with Crippen molar-refractivity contribution < 1.29 is 4.79 Å². The molecule has 4 heteroatoms. The summed E-state index contributed by atoms with van der Waals surface area (Å²) in [5.74, 6) is 0.0553. The van der Waals surface area contributed by atoms with Crippen LogP contribution in [0.25, 0.3) is 0 Å². The van der Waals surface area contributed by atoms with Gasteiger partial charge in [-0.15, -0.1) is 0 Å². The summed E-state index contributed by atoms with van der Waals surface area (Å²) in [5, 5.41) is 6.52. The van der Waals surface area contributed by atoms with Gasteiger partial charge in [-0.1, -0.05) is 42.1 Å². The quantitative estimate of drug-likeness (QED) is 0.724. The minimum atomic E-state index is -0.0530. The van der Waals surface area contributed by atoms with Gasteiger partial charge in [-0.05, 0) is 6.92 Å². The Balaban J connectivity index is 2.32. The van der Waals surface area contributed by atoms with Crippen molar-refractivity contribution in [2.45, 2.75) is 12.2 Å². The predicted molar refractivity (Wildman–Crippen MR) is 62.8 cm³/mol. The first-order valence-corrected chi connectivity index (χ1v) is 5.64. The molecular weight excluding hydrogens is 208 g/mol. The Kier molecular flexibility index (Phi) is 2.77. The number of thioether (sulfide) groups is 1. The molecule has 0 radical (unpaired) electrons. The van der Waals surface area contributed by atoms with Gasteiger partial charge in [-0.3, -0.25) is 4.79 Å². The first-order chi connectivity index (χ1) is 7.18. The highest BCUT2D eigenvalue weighted by molar-refractivity contribution is 8.15. The number of benzene rings is 1. The van der Waals surface area contributed by atoms with Crippen LogP contribution in [0, 0.1) is 0 Å². The van der Waals surface area contributed by atoms with Gasteiger partial charge in [0.2, 0.25) is 0 Å². The number of carbonyl (C=O) groups is 1. The number of amides is 1. The van der Waals surface area contributed by atoms with Crippen LogP contribution in [-0.2, 0) is 4.79 Å². The first-order valence-electron chi connectivity index (χ1n) is 4.77.